The van der Waals surface area contributed by atoms with Crippen molar-refractivity contribution in [2.45, 2.75) is 11.8 Å². The van der Waals surface area contributed by atoms with E-state index in [1.54, 1.807) is 0 Å². The Bertz CT molecular complexity index is 341. The minimum absolute atomic E-state index is 0.560. The molecule has 0 nitrogen and oxygen atoms in total. The SMILES string of the molecule is CC#Cc1ccc(SCC[S+](C)C)cc1. The van der Waals surface area contributed by atoms with Crippen molar-refractivity contribution in [3.63, 3.8) is 0 Å². The van der Waals surface area contributed by atoms with E-state index in [2.05, 4.69) is 48.6 Å². The predicted molar refractivity (Wildman–Crippen MR) is 73.8 cm³/mol. The summed E-state index contributed by atoms with van der Waals surface area (Å²) in [5.74, 6) is 8.48. The number of thioether (sulfide) groups is 1. The van der Waals surface area contributed by atoms with Gasteiger partial charge in [0.05, 0.1) is 12.5 Å². The molecule has 0 saturated carbocycles. The van der Waals surface area contributed by atoms with Gasteiger partial charge in [-0.3, -0.25) is 0 Å². The number of benzene rings is 1. The number of rotatable bonds is 4. The van der Waals surface area contributed by atoms with Crippen LogP contribution in [-0.2, 0) is 10.9 Å². The highest BCUT2D eigenvalue weighted by Gasteiger charge is 2.02. The van der Waals surface area contributed by atoms with Gasteiger partial charge in [-0.2, -0.15) is 0 Å². The van der Waals surface area contributed by atoms with Crippen molar-refractivity contribution in [3.8, 4) is 11.8 Å². The molecule has 15 heavy (non-hydrogen) atoms. The highest BCUT2D eigenvalue weighted by atomic mass is 32.2. The van der Waals surface area contributed by atoms with Gasteiger partial charge >= 0.3 is 0 Å². The van der Waals surface area contributed by atoms with Crippen molar-refractivity contribution in [3.05, 3.63) is 29.8 Å². The molecule has 0 radical (unpaired) electrons. The van der Waals surface area contributed by atoms with E-state index < -0.39 is 0 Å². The second-order valence-electron chi connectivity index (χ2n) is 3.44. The summed E-state index contributed by atoms with van der Waals surface area (Å²) in [6.07, 6.45) is 4.58. The van der Waals surface area contributed by atoms with Crippen LogP contribution in [0.5, 0.6) is 0 Å². The Morgan fingerprint density at radius 1 is 1.20 bits per heavy atom. The van der Waals surface area contributed by atoms with Crippen molar-refractivity contribution in [1.82, 2.24) is 0 Å². The summed E-state index contributed by atoms with van der Waals surface area (Å²) in [5, 5.41) is 0. The minimum atomic E-state index is 0.560. The molecule has 80 valence electrons. The van der Waals surface area contributed by atoms with Crippen LogP contribution in [0.1, 0.15) is 12.5 Å². The summed E-state index contributed by atoms with van der Waals surface area (Å²) in [4.78, 5) is 1.35. The zero-order chi connectivity index (χ0) is 11.1. The maximum atomic E-state index is 3.05. The second kappa shape index (κ2) is 6.87. The molecule has 1 aromatic rings. The molecule has 2 heteroatoms. The molecule has 0 saturated heterocycles. The molecule has 0 atom stereocenters. The van der Waals surface area contributed by atoms with E-state index >= 15 is 0 Å². The van der Waals surface area contributed by atoms with Gasteiger partial charge < -0.3 is 0 Å². The Morgan fingerprint density at radius 3 is 2.40 bits per heavy atom. The first-order valence-electron chi connectivity index (χ1n) is 4.92. The molecule has 0 aliphatic heterocycles. The molecule has 0 spiro atoms. The molecule has 0 heterocycles. The fourth-order valence-electron chi connectivity index (χ4n) is 1.11. The monoisotopic (exact) mass is 237 g/mol. The molecule has 0 N–H and O–H groups in total. The maximum Gasteiger partial charge on any atom is 0.117 e. The first kappa shape index (κ1) is 12.5. The van der Waals surface area contributed by atoms with Crippen LogP contribution in [0.2, 0.25) is 0 Å². The first-order valence-corrected chi connectivity index (χ1v) is 8.12. The molecule has 0 fully saturated rings. The van der Waals surface area contributed by atoms with E-state index in [1.807, 2.05) is 18.7 Å². The smallest absolute Gasteiger partial charge is 0.117 e. The second-order valence-corrected chi connectivity index (χ2v) is 6.99. The Balaban J connectivity index is 2.45. The zero-order valence-corrected chi connectivity index (χ0v) is 11.2. The fourth-order valence-corrected chi connectivity index (χ4v) is 3.34. The molecule has 1 aromatic carbocycles. The van der Waals surface area contributed by atoms with E-state index in [4.69, 9.17) is 0 Å². The maximum absolute atomic E-state index is 3.05. The van der Waals surface area contributed by atoms with Crippen LogP contribution < -0.4 is 0 Å². The normalized spacial score (nSPS) is 9.87. The summed E-state index contributed by atoms with van der Waals surface area (Å²) < 4.78 is 0. The van der Waals surface area contributed by atoms with Gasteiger partial charge in [0.1, 0.15) is 5.75 Å². The van der Waals surface area contributed by atoms with Gasteiger partial charge in [-0.25, -0.2) is 0 Å². The third kappa shape index (κ3) is 5.20. The van der Waals surface area contributed by atoms with E-state index in [-0.39, 0.29) is 0 Å². The number of hydrogen-bond donors (Lipinski definition) is 0. The Hall–Kier alpha value is -0.520. The van der Waals surface area contributed by atoms with Crippen molar-refractivity contribution < 1.29 is 0 Å². The van der Waals surface area contributed by atoms with Crippen LogP contribution in [0, 0.1) is 11.8 Å². The topological polar surface area (TPSA) is 0 Å². The Kier molecular flexibility index (Phi) is 5.75. The van der Waals surface area contributed by atoms with Crippen LogP contribution in [0.3, 0.4) is 0 Å². The highest BCUT2D eigenvalue weighted by molar-refractivity contribution is 8.01. The van der Waals surface area contributed by atoms with Crippen molar-refractivity contribution >= 4 is 22.7 Å². The highest BCUT2D eigenvalue weighted by Crippen LogP contribution is 2.18. The third-order valence-electron chi connectivity index (χ3n) is 1.88. The van der Waals surface area contributed by atoms with E-state index in [0.29, 0.717) is 10.9 Å². The van der Waals surface area contributed by atoms with Crippen LogP contribution >= 0.6 is 11.8 Å². The van der Waals surface area contributed by atoms with Crippen molar-refractivity contribution in [1.29, 1.82) is 0 Å². The zero-order valence-electron chi connectivity index (χ0n) is 9.54. The van der Waals surface area contributed by atoms with Crippen LogP contribution in [0.15, 0.2) is 29.2 Å². The van der Waals surface area contributed by atoms with Gasteiger partial charge in [-0.05, 0) is 42.1 Å². The first-order chi connectivity index (χ1) is 7.22. The molecular formula is C13H17S2+. The average Bonchev–Trinajstić information content (AvgIpc) is 2.20. The van der Waals surface area contributed by atoms with Crippen LogP contribution in [0.25, 0.3) is 0 Å². The van der Waals surface area contributed by atoms with Gasteiger partial charge in [-0.15, -0.1) is 17.7 Å². The summed E-state index contributed by atoms with van der Waals surface area (Å²) in [7, 11) is 0.560. The molecule has 0 bridgehead atoms. The Morgan fingerprint density at radius 2 is 1.87 bits per heavy atom. The lowest BCUT2D eigenvalue weighted by Gasteiger charge is -2.00. The van der Waals surface area contributed by atoms with Crippen LogP contribution in [-0.4, -0.2) is 24.0 Å². The standard InChI is InChI=1S/C13H17S2/c1-4-5-12-6-8-13(9-7-12)14-10-11-15(2)3/h6-9H,10-11H2,1-3H3/q+1. The molecule has 0 aliphatic carbocycles. The molecule has 0 aromatic heterocycles. The van der Waals surface area contributed by atoms with Gasteiger partial charge in [0.25, 0.3) is 0 Å². The van der Waals surface area contributed by atoms with E-state index in [9.17, 15) is 0 Å². The predicted octanol–water partition coefficient (Wildman–Crippen LogP) is 3.03. The molecule has 1 rings (SSSR count). The Labute approximate surface area is 100 Å². The van der Waals surface area contributed by atoms with Gasteiger partial charge in [0.15, 0.2) is 0 Å². The summed E-state index contributed by atoms with van der Waals surface area (Å²) in [6.45, 7) is 1.87. The lowest BCUT2D eigenvalue weighted by atomic mass is 10.2. The van der Waals surface area contributed by atoms with Gasteiger partial charge in [0, 0.05) is 16.2 Å². The largest absolute Gasteiger partial charge is 0.121 e. The van der Waals surface area contributed by atoms with Gasteiger partial charge in [-0.1, -0.05) is 5.92 Å². The fraction of sp³-hybridized carbons (Fsp3) is 0.385. The molecule has 0 amide bonds. The minimum Gasteiger partial charge on any atom is -0.121 e. The quantitative estimate of drug-likeness (QED) is 0.441. The average molecular weight is 237 g/mol. The lowest BCUT2D eigenvalue weighted by Crippen LogP contribution is -2.03. The van der Waals surface area contributed by atoms with Crippen molar-refractivity contribution in [2.24, 2.45) is 0 Å². The summed E-state index contributed by atoms with van der Waals surface area (Å²) >= 11 is 1.93. The lowest BCUT2D eigenvalue weighted by molar-refractivity contribution is 1.42. The number of hydrogen-bond acceptors (Lipinski definition) is 1. The summed E-state index contributed by atoms with van der Waals surface area (Å²) in [5.41, 5.74) is 1.10. The summed E-state index contributed by atoms with van der Waals surface area (Å²) in [6, 6.07) is 8.51. The van der Waals surface area contributed by atoms with E-state index in [1.165, 1.54) is 16.4 Å². The third-order valence-corrected chi connectivity index (χ3v) is 4.18. The van der Waals surface area contributed by atoms with Gasteiger partial charge in [0.2, 0.25) is 0 Å². The van der Waals surface area contributed by atoms with Crippen LogP contribution in [0.4, 0.5) is 0 Å². The van der Waals surface area contributed by atoms with E-state index in [0.717, 1.165) is 5.56 Å². The molecular weight excluding hydrogens is 220 g/mol. The van der Waals surface area contributed by atoms with Crippen molar-refractivity contribution in [2.75, 3.05) is 24.0 Å². The molecule has 0 aliphatic rings. The molecule has 0 unspecified atom stereocenters.